The molecule has 4 rings (SSSR count). The predicted molar refractivity (Wildman–Crippen MR) is 107 cm³/mol. The summed E-state index contributed by atoms with van der Waals surface area (Å²) in [7, 11) is 0. The fourth-order valence-electron chi connectivity index (χ4n) is 3.48. The van der Waals surface area contributed by atoms with Crippen molar-refractivity contribution < 1.29 is 19.1 Å². The highest BCUT2D eigenvalue weighted by atomic mass is 16.7. The summed E-state index contributed by atoms with van der Waals surface area (Å²) in [6.45, 7) is 6.98. The summed E-state index contributed by atoms with van der Waals surface area (Å²) in [5, 5.41) is 2.93. The van der Waals surface area contributed by atoms with Gasteiger partial charge in [-0.3, -0.25) is 9.59 Å². The number of benzene rings is 2. The summed E-state index contributed by atoms with van der Waals surface area (Å²) >= 11 is 0. The average Bonchev–Trinajstić information content (AvgIpc) is 3.27. The van der Waals surface area contributed by atoms with E-state index in [0.29, 0.717) is 18.0 Å². The second kappa shape index (κ2) is 6.86. The van der Waals surface area contributed by atoms with Crippen LogP contribution in [0.4, 0.5) is 11.4 Å². The third-order valence-electron chi connectivity index (χ3n) is 5.18. The fourth-order valence-corrected chi connectivity index (χ4v) is 3.48. The molecule has 2 aromatic carbocycles. The van der Waals surface area contributed by atoms with Crippen molar-refractivity contribution >= 4 is 23.2 Å². The zero-order valence-electron chi connectivity index (χ0n) is 16.3. The van der Waals surface area contributed by atoms with Gasteiger partial charge in [-0.15, -0.1) is 0 Å². The molecule has 0 aliphatic carbocycles. The van der Waals surface area contributed by atoms with E-state index in [1.807, 2.05) is 30.3 Å². The van der Waals surface area contributed by atoms with Gasteiger partial charge in [-0.2, -0.15) is 0 Å². The smallest absolute Gasteiger partial charge is 0.231 e. The third kappa shape index (κ3) is 3.54. The van der Waals surface area contributed by atoms with Crippen LogP contribution in [0, 0.1) is 5.92 Å². The molecule has 6 nitrogen and oxygen atoms in total. The second-order valence-electron chi connectivity index (χ2n) is 8.26. The highest BCUT2D eigenvalue weighted by Crippen LogP contribution is 2.37. The van der Waals surface area contributed by atoms with Crippen LogP contribution in [-0.4, -0.2) is 25.2 Å². The normalized spacial score (nSPS) is 18.5. The van der Waals surface area contributed by atoms with E-state index in [9.17, 15) is 9.59 Å². The van der Waals surface area contributed by atoms with Gasteiger partial charge in [0.15, 0.2) is 11.5 Å². The maximum atomic E-state index is 12.7. The van der Waals surface area contributed by atoms with Crippen molar-refractivity contribution in [2.45, 2.75) is 32.6 Å². The quantitative estimate of drug-likeness (QED) is 0.882. The van der Waals surface area contributed by atoms with E-state index in [2.05, 4.69) is 26.1 Å². The molecule has 0 bridgehead atoms. The Morgan fingerprint density at radius 2 is 1.79 bits per heavy atom. The largest absolute Gasteiger partial charge is 0.454 e. The number of anilines is 2. The maximum absolute atomic E-state index is 12.7. The molecule has 2 amide bonds. The van der Waals surface area contributed by atoms with Crippen molar-refractivity contribution in [3.63, 3.8) is 0 Å². The van der Waals surface area contributed by atoms with E-state index in [0.717, 1.165) is 11.4 Å². The molecule has 1 N–H and O–H groups in total. The number of ether oxygens (including phenoxy) is 2. The number of nitrogens with one attached hydrogen (secondary N) is 1. The van der Waals surface area contributed by atoms with Gasteiger partial charge >= 0.3 is 0 Å². The minimum atomic E-state index is -0.389. The minimum Gasteiger partial charge on any atom is -0.454 e. The zero-order chi connectivity index (χ0) is 19.9. The molecule has 2 aliphatic heterocycles. The van der Waals surface area contributed by atoms with Gasteiger partial charge in [-0.1, -0.05) is 32.9 Å². The summed E-state index contributed by atoms with van der Waals surface area (Å²) < 4.78 is 10.7. The first kappa shape index (κ1) is 18.3. The van der Waals surface area contributed by atoms with Gasteiger partial charge in [0.1, 0.15) is 0 Å². The average molecular weight is 380 g/mol. The molecule has 1 unspecified atom stereocenters. The standard InChI is InChI=1S/C22H24N2O4/c1-22(2,3)15-4-6-16(7-5-15)23-21(26)14-10-20(25)24(12-14)17-8-9-18-19(11-17)28-13-27-18/h4-9,11,14H,10,12-13H2,1-3H3,(H,23,26). The van der Waals surface area contributed by atoms with Crippen molar-refractivity contribution in [1.82, 2.24) is 0 Å². The number of carbonyl (C=O) groups is 2. The molecule has 1 atom stereocenters. The van der Waals surface area contributed by atoms with Crippen molar-refractivity contribution in [3.05, 3.63) is 48.0 Å². The maximum Gasteiger partial charge on any atom is 0.231 e. The van der Waals surface area contributed by atoms with Crippen LogP contribution in [0.2, 0.25) is 0 Å². The van der Waals surface area contributed by atoms with Crippen LogP contribution in [-0.2, 0) is 15.0 Å². The summed E-state index contributed by atoms with van der Waals surface area (Å²) in [5.74, 6) is 0.697. The molecule has 28 heavy (non-hydrogen) atoms. The van der Waals surface area contributed by atoms with Gasteiger partial charge in [0.2, 0.25) is 18.6 Å². The summed E-state index contributed by atoms with van der Waals surface area (Å²) in [6.07, 6.45) is 0.195. The number of hydrogen-bond acceptors (Lipinski definition) is 4. The van der Waals surface area contributed by atoms with Crippen LogP contribution in [0.25, 0.3) is 0 Å². The topological polar surface area (TPSA) is 67.9 Å². The Labute approximate surface area is 164 Å². The summed E-state index contributed by atoms with van der Waals surface area (Å²) in [4.78, 5) is 26.8. The lowest BCUT2D eigenvalue weighted by Gasteiger charge is -2.19. The molecule has 2 heterocycles. The SMILES string of the molecule is CC(C)(C)c1ccc(NC(=O)C2CC(=O)N(c3ccc4c(c3)OCO4)C2)cc1. The van der Waals surface area contributed by atoms with Crippen LogP contribution in [0.1, 0.15) is 32.8 Å². The van der Waals surface area contributed by atoms with Gasteiger partial charge in [-0.05, 0) is 35.2 Å². The highest BCUT2D eigenvalue weighted by Gasteiger charge is 2.35. The van der Waals surface area contributed by atoms with Crippen molar-refractivity contribution in [2.75, 3.05) is 23.6 Å². The van der Waals surface area contributed by atoms with Gasteiger partial charge in [0, 0.05) is 30.4 Å². The first-order valence-corrected chi connectivity index (χ1v) is 9.43. The number of amides is 2. The molecule has 6 heteroatoms. The summed E-state index contributed by atoms with van der Waals surface area (Å²) in [6, 6.07) is 13.2. The fraction of sp³-hybridized carbons (Fsp3) is 0.364. The van der Waals surface area contributed by atoms with Crippen LogP contribution in [0.3, 0.4) is 0 Å². The number of hydrogen-bond donors (Lipinski definition) is 1. The first-order valence-electron chi connectivity index (χ1n) is 9.43. The van der Waals surface area contributed by atoms with Crippen molar-refractivity contribution in [1.29, 1.82) is 0 Å². The van der Waals surface area contributed by atoms with Crippen LogP contribution < -0.4 is 19.7 Å². The Balaban J connectivity index is 1.43. The molecule has 0 aromatic heterocycles. The monoisotopic (exact) mass is 380 g/mol. The molecule has 0 saturated carbocycles. The van der Waals surface area contributed by atoms with Gasteiger partial charge < -0.3 is 19.7 Å². The molecular weight excluding hydrogens is 356 g/mol. The van der Waals surface area contributed by atoms with Crippen LogP contribution >= 0.6 is 0 Å². The van der Waals surface area contributed by atoms with E-state index in [1.165, 1.54) is 5.56 Å². The molecule has 1 fully saturated rings. The van der Waals surface area contributed by atoms with E-state index in [4.69, 9.17) is 9.47 Å². The van der Waals surface area contributed by atoms with Gasteiger partial charge in [-0.25, -0.2) is 0 Å². The van der Waals surface area contributed by atoms with Gasteiger partial charge in [0.05, 0.1) is 5.92 Å². The third-order valence-corrected chi connectivity index (χ3v) is 5.18. The van der Waals surface area contributed by atoms with Crippen molar-refractivity contribution in [3.8, 4) is 11.5 Å². The highest BCUT2D eigenvalue weighted by molar-refractivity contribution is 6.03. The Bertz CT molecular complexity index is 915. The molecule has 2 aliphatic rings. The Morgan fingerprint density at radius 3 is 2.50 bits per heavy atom. The number of nitrogens with zero attached hydrogens (tertiary/aromatic N) is 1. The van der Waals surface area contributed by atoms with Crippen molar-refractivity contribution in [2.24, 2.45) is 5.92 Å². The van der Waals surface area contributed by atoms with Crippen LogP contribution in [0.5, 0.6) is 11.5 Å². The molecule has 2 aromatic rings. The van der Waals surface area contributed by atoms with Gasteiger partial charge in [0.25, 0.3) is 0 Å². The Kier molecular flexibility index (Phi) is 4.49. The number of fused-ring (bicyclic) bond motifs is 1. The second-order valence-corrected chi connectivity index (χ2v) is 8.26. The lowest BCUT2D eigenvalue weighted by atomic mass is 9.87. The number of carbonyl (C=O) groups excluding carboxylic acids is 2. The number of rotatable bonds is 3. The summed E-state index contributed by atoms with van der Waals surface area (Å²) in [5.41, 5.74) is 2.73. The lowest BCUT2D eigenvalue weighted by molar-refractivity contribution is -0.122. The van der Waals surface area contributed by atoms with Crippen LogP contribution in [0.15, 0.2) is 42.5 Å². The lowest BCUT2D eigenvalue weighted by Crippen LogP contribution is -2.28. The molecule has 0 spiro atoms. The molecule has 1 saturated heterocycles. The molecular formula is C22H24N2O4. The Hall–Kier alpha value is -3.02. The van der Waals surface area contributed by atoms with E-state index in [1.54, 1.807) is 17.0 Å². The first-order chi connectivity index (χ1) is 13.3. The Morgan fingerprint density at radius 1 is 1.07 bits per heavy atom. The van der Waals surface area contributed by atoms with E-state index < -0.39 is 0 Å². The minimum absolute atomic E-state index is 0.0610. The van der Waals surface area contributed by atoms with E-state index in [-0.39, 0.29) is 36.4 Å². The predicted octanol–water partition coefficient (Wildman–Crippen LogP) is 3.70. The van der Waals surface area contributed by atoms with E-state index >= 15 is 0 Å². The molecule has 0 radical (unpaired) electrons. The molecule has 146 valence electrons. The zero-order valence-corrected chi connectivity index (χ0v) is 16.3.